The maximum absolute atomic E-state index is 10.3. The van der Waals surface area contributed by atoms with Crippen LogP contribution in [-0.2, 0) is 9.53 Å². The van der Waals surface area contributed by atoms with Gasteiger partial charge in [0.15, 0.2) is 0 Å². The highest BCUT2D eigenvalue weighted by atomic mass is 32.2. The summed E-state index contributed by atoms with van der Waals surface area (Å²) in [6, 6.07) is 0. The molecule has 0 aromatic rings. The molecule has 0 atom stereocenters. The van der Waals surface area contributed by atoms with Crippen LogP contribution in [0.4, 0.5) is 0 Å². The highest BCUT2D eigenvalue weighted by Gasteiger charge is 1.95. The van der Waals surface area contributed by atoms with Crippen molar-refractivity contribution in [3.8, 4) is 0 Å². The molecule has 0 aromatic heterocycles. The maximum Gasteiger partial charge on any atom is 0.315 e. The number of ether oxygens (including phenoxy) is 1. The number of hydrogen-bond donors (Lipinski definition) is 1. The molecule has 4 heteroatoms. The third kappa shape index (κ3) is 4.33. The third-order valence-electron chi connectivity index (χ3n) is 0.539. The monoisotopic (exact) mass is 152 g/mol. The Morgan fingerprint density at radius 1 is 1.88 bits per heavy atom. The van der Waals surface area contributed by atoms with Gasteiger partial charge in [-0.15, -0.1) is 11.8 Å². The van der Waals surface area contributed by atoms with E-state index >= 15 is 0 Å². The molecule has 0 radical (unpaired) electrons. The van der Waals surface area contributed by atoms with E-state index in [0.717, 1.165) is 0 Å². The van der Waals surface area contributed by atoms with Crippen LogP contribution in [0.5, 0.6) is 0 Å². The van der Waals surface area contributed by atoms with Gasteiger partial charge >= 0.3 is 5.97 Å². The van der Waals surface area contributed by atoms with Gasteiger partial charge in [0.25, 0.3) is 0 Å². The lowest BCUT2D eigenvalue weighted by Gasteiger charge is -1.93. The second kappa shape index (κ2) is 5.31. The molecule has 0 saturated carbocycles. The molecule has 0 heterocycles. The maximum atomic E-state index is 10.3. The molecule has 0 aliphatic heterocycles. The van der Waals surface area contributed by atoms with E-state index in [1.165, 1.54) is 18.9 Å². The Morgan fingerprint density at radius 2 is 2.50 bits per heavy atom. The zero-order chi connectivity index (χ0) is 6.41. The summed E-state index contributed by atoms with van der Waals surface area (Å²) in [6.45, 7) is 0. The van der Waals surface area contributed by atoms with Gasteiger partial charge in [-0.05, 0) is 0 Å². The third-order valence-corrected chi connectivity index (χ3v) is 1.71. The van der Waals surface area contributed by atoms with Crippen LogP contribution in [0.15, 0.2) is 0 Å². The number of carbonyl (C=O) groups excluding carboxylic acids is 1. The highest BCUT2D eigenvalue weighted by Crippen LogP contribution is 2.00. The normalized spacial score (nSPS) is 8.75. The minimum atomic E-state index is -0.191. The summed E-state index contributed by atoms with van der Waals surface area (Å²) in [4.78, 5) is 10.3. The minimum Gasteiger partial charge on any atom is -0.468 e. The zero-order valence-corrected chi connectivity index (χ0v) is 6.30. The molecule has 0 fully saturated rings. The molecule has 0 N–H and O–H groups in total. The van der Waals surface area contributed by atoms with Crippen molar-refractivity contribution < 1.29 is 9.53 Å². The molecular formula is C4H8O2S2. The molecule has 0 aliphatic rings. The summed E-state index contributed by atoms with van der Waals surface area (Å²) < 4.78 is 4.36. The van der Waals surface area contributed by atoms with Crippen LogP contribution in [0.1, 0.15) is 0 Å². The predicted octanol–water partition coefficient (Wildman–Crippen LogP) is 0.780. The summed E-state index contributed by atoms with van der Waals surface area (Å²) in [5.41, 5.74) is 0. The van der Waals surface area contributed by atoms with Crippen LogP contribution in [0.3, 0.4) is 0 Å². The van der Waals surface area contributed by atoms with E-state index in [2.05, 4.69) is 17.4 Å². The van der Waals surface area contributed by atoms with Gasteiger partial charge < -0.3 is 4.74 Å². The van der Waals surface area contributed by atoms with Crippen LogP contribution in [-0.4, -0.2) is 23.9 Å². The molecule has 2 nitrogen and oxygen atoms in total. The smallest absolute Gasteiger partial charge is 0.315 e. The van der Waals surface area contributed by atoms with Gasteiger partial charge in [-0.2, -0.15) is 12.6 Å². The summed E-state index contributed by atoms with van der Waals surface area (Å²) in [5, 5.41) is 0.662. The first-order valence-electron chi connectivity index (χ1n) is 2.06. The first-order chi connectivity index (χ1) is 3.81. The second-order valence-corrected chi connectivity index (χ2v) is 2.78. The van der Waals surface area contributed by atoms with E-state index < -0.39 is 0 Å². The first kappa shape index (κ1) is 8.17. The Hall–Kier alpha value is 0.170. The lowest BCUT2D eigenvalue weighted by atomic mass is 10.8. The van der Waals surface area contributed by atoms with Crippen LogP contribution >= 0.6 is 24.4 Å². The molecule has 0 rings (SSSR count). The number of methoxy groups -OCH3 is 1. The largest absolute Gasteiger partial charge is 0.468 e. The first-order valence-corrected chi connectivity index (χ1v) is 3.85. The second-order valence-electron chi connectivity index (χ2n) is 1.05. The van der Waals surface area contributed by atoms with Crippen molar-refractivity contribution in [2.75, 3.05) is 17.9 Å². The van der Waals surface area contributed by atoms with E-state index in [4.69, 9.17) is 0 Å². The lowest BCUT2D eigenvalue weighted by Crippen LogP contribution is -2.02. The lowest BCUT2D eigenvalue weighted by molar-refractivity contribution is -0.137. The van der Waals surface area contributed by atoms with Gasteiger partial charge in [0, 0.05) is 5.08 Å². The van der Waals surface area contributed by atoms with Gasteiger partial charge in [-0.3, -0.25) is 4.79 Å². The number of esters is 1. The van der Waals surface area contributed by atoms with E-state index in [0.29, 0.717) is 10.8 Å². The SMILES string of the molecule is COC(=O)CSCS. The van der Waals surface area contributed by atoms with Crippen molar-refractivity contribution in [3.63, 3.8) is 0 Å². The number of hydrogen-bond acceptors (Lipinski definition) is 4. The molecule has 8 heavy (non-hydrogen) atoms. The average Bonchev–Trinajstić information content (AvgIpc) is 1.83. The van der Waals surface area contributed by atoms with Gasteiger partial charge in [0.1, 0.15) is 0 Å². The molecule has 0 aromatic carbocycles. The summed E-state index contributed by atoms with van der Waals surface area (Å²) >= 11 is 5.32. The van der Waals surface area contributed by atoms with Crippen molar-refractivity contribution in [2.45, 2.75) is 0 Å². The van der Waals surface area contributed by atoms with E-state index in [9.17, 15) is 4.79 Å². The van der Waals surface area contributed by atoms with Crippen LogP contribution in [0, 0.1) is 0 Å². The van der Waals surface area contributed by atoms with Crippen molar-refractivity contribution >= 4 is 30.4 Å². The fraction of sp³-hybridized carbons (Fsp3) is 0.750. The summed E-state index contributed by atoms with van der Waals surface area (Å²) in [6.07, 6.45) is 0. The Balaban J connectivity index is 2.99. The average molecular weight is 152 g/mol. The van der Waals surface area contributed by atoms with E-state index in [1.54, 1.807) is 0 Å². The number of thioether (sulfide) groups is 1. The number of carbonyl (C=O) groups is 1. The van der Waals surface area contributed by atoms with Gasteiger partial charge in [0.2, 0.25) is 0 Å². The fourth-order valence-electron chi connectivity index (χ4n) is 0.188. The number of thiol groups is 1. The summed E-state index contributed by atoms with van der Waals surface area (Å²) in [5.74, 6) is 0.212. The van der Waals surface area contributed by atoms with Crippen LogP contribution in [0.25, 0.3) is 0 Å². The standard InChI is InChI=1S/C4H8O2S2/c1-6-4(5)2-8-3-7/h7H,2-3H2,1H3. The van der Waals surface area contributed by atoms with Gasteiger partial charge in [-0.1, -0.05) is 0 Å². The molecule has 0 bridgehead atoms. The van der Waals surface area contributed by atoms with E-state index in [-0.39, 0.29) is 5.97 Å². The quantitative estimate of drug-likeness (QED) is 0.368. The van der Waals surface area contributed by atoms with Crippen LogP contribution < -0.4 is 0 Å². The molecule has 0 amide bonds. The topological polar surface area (TPSA) is 26.3 Å². The Labute approximate surface area is 58.4 Å². The van der Waals surface area contributed by atoms with Gasteiger partial charge in [-0.25, -0.2) is 0 Å². The molecule has 0 saturated heterocycles. The Kier molecular flexibility index (Phi) is 5.42. The van der Waals surface area contributed by atoms with Crippen molar-refractivity contribution in [2.24, 2.45) is 0 Å². The van der Waals surface area contributed by atoms with Crippen molar-refractivity contribution in [1.29, 1.82) is 0 Å². The predicted molar refractivity (Wildman–Crippen MR) is 38.3 cm³/mol. The Morgan fingerprint density at radius 3 is 2.88 bits per heavy atom. The molecular weight excluding hydrogens is 144 g/mol. The molecule has 0 aliphatic carbocycles. The molecule has 0 unspecified atom stereocenters. The van der Waals surface area contributed by atoms with Crippen LogP contribution in [0.2, 0.25) is 0 Å². The van der Waals surface area contributed by atoms with Crippen molar-refractivity contribution in [3.05, 3.63) is 0 Å². The molecule has 48 valence electrons. The van der Waals surface area contributed by atoms with E-state index in [1.807, 2.05) is 0 Å². The Bertz CT molecular complexity index is 74.4. The highest BCUT2D eigenvalue weighted by molar-refractivity contribution is 8.09. The molecule has 0 spiro atoms. The number of rotatable bonds is 3. The summed E-state index contributed by atoms with van der Waals surface area (Å²) in [7, 11) is 1.38. The van der Waals surface area contributed by atoms with Crippen molar-refractivity contribution in [1.82, 2.24) is 0 Å². The van der Waals surface area contributed by atoms with Gasteiger partial charge in [0.05, 0.1) is 12.9 Å². The fourth-order valence-corrected chi connectivity index (χ4v) is 0.838. The zero-order valence-electron chi connectivity index (χ0n) is 4.59. The minimum absolute atomic E-state index is 0.191.